The second-order valence-electron chi connectivity index (χ2n) is 9.12. The van der Waals surface area contributed by atoms with E-state index in [1.807, 2.05) is 6.92 Å². The van der Waals surface area contributed by atoms with Crippen LogP contribution in [0.15, 0.2) is 48.9 Å². The zero-order valence-corrected chi connectivity index (χ0v) is 21.3. The normalized spacial score (nSPS) is 17.6. The second kappa shape index (κ2) is 10.4. The van der Waals surface area contributed by atoms with Gasteiger partial charge in [0.05, 0.1) is 31.9 Å². The first-order valence-electron chi connectivity index (χ1n) is 12.1. The molecule has 4 heterocycles. The molecule has 2 amide bonds. The van der Waals surface area contributed by atoms with Gasteiger partial charge in [0.2, 0.25) is 6.41 Å². The van der Waals surface area contributed by atoms with E-state index < -0.39 is 23.8 Å². The second-order valence-corrected chi connectivity index (χ2v) is 9.12. The number of benzene rings is 1. The SMILES string of the molecule is COc1cc(C(=O)Nc2cc(C(F)(F)F)ccn2)ccc1-c1nc(C2CN(C=O)C(C)CO2)n2ccnc(N)c12. The topological polar surface area (TPSA) is 137 Å². The largest absolute Gasteiger partial charge is 0.496 e. The molecule has 5 rings (SSSR count). The Bertz CT molecular complexity index is 1590. The van der Waals surface area contributed by atoms with E-state index in [2.05, 4.69) is 15.3 Å². The summed E-state index contributed by atoms with van der Waals surface area (Å²) < 4.78 is 52.4. The molecule has 3 aromatic heterocycles. The Hall–Kier alpha value is -4.72. The van der Waals surface area contributed by atoms with Gasteiger partial charge in [-0.2, -0.15) is 13.2 Å². The molecule has 2 unspecified atom stereocenters. The fourth-order valence-electron chi connectivity index (χ4n) is 4.47. The number of ether oxygens (including phenoxy) is 2. The van der Waals surface area contributed by atoms with Crippen molar-refractivity contribution in [3.8, 4) is 17.0 Å². The van der Waals surface area contributed by atoms with Crippen LogP contribution >= 0.6 is 0 Å². The quantitative estimate of drug-likeness (QED) is 0.345. The highest BCUT2D eigenvalue weighted by Gasteiger charge is 2.32. The number of alkyl halides is 3. The average Bonchev–Trinajstić information content (AvgIpc) is 3.33. The molecule has 0 bridgehead atoms. The van der Waals surface area contributed by atoms with Crippen molar-refractivity contribution in [1.29, 1.82) is 0 Å². The first-order chi connectivity index (χ1) is 19.1. The summed E-state index contributed by atoms with van der Waals surface area (Å²) in [7, 11) is 1.41. The van der Waals surface area contributed by atoms with Crippen molar-refractivity contribution in [2.75, 3.05) is 31.3 Å². The summed E-state index contributed by atoms with van der Waals surface area (Å²) in [6.45, 7) is 2.49. The average molecular weight is 556 g/mol. The molecule has 0 aliphatic carbocycles. The zero-order chi connectivity index (χ0) is 28.6. The Kier molecular flexibility index (Phi) is 7.02. The first kappa shape index (κ1) is 26.9. The van der Waals surface area contributed by atoms with Gasteiger partial charge in [-0.05, 0) is 37.3 Å². The monoisotopic (exact) mass is 555 g/mol. The van der Waals surface area contributed by atoms with E-state index in [9.17, 15) is 22.8 Å². The van der Waals surface area contributed by atoms with Crippen LogP contribution in [-0.4, -0.2) is 62.9 Å². The number of nitrogens with one attached hydrogen (secondary N) is 1. The fourth-order valence-corrected chi connectivity index (χ4v) is 4.47. The number of hydrogen-bond acceptors (Lipinski definition) is 8. The van der Waals surface area contributed by atoms with E-state index >= 15 is 0 Å². The number of fused-ring (bicyclic) bond motifs is 1. The number of hydrogen-bond donors (Lipinski definition) is 2. The van der Waals surface area contributed by atoms with Crippen LogP contribution in [0.4, 0.5) is 24.8 Å². The van der Waals surface area contributed by atoms with Gasteiger partial charge in [-0.3, -0.25) is 14.0 Å². The summed E-state index contributed by atoms with van der Waals surface area (Å²) in [4.78, 5) is 38.8. The van der Waals surface area contributed by atoms with Crippen LogP contribution in [0.25, 0.3) is 16.8 Å². The third-order valence-electron chi connectivity index (χ3n) is 6.56. The maximum atomic E-state index is 13.0. The zero-order valence-electron chi connectivity index (χ0n) is 21.3. The predicted octanol–water partition coefficient (Wildman–Crippen LogP) is 3.57. The number of nitrogen functional groups attached to an aromatic ring is 1. The minimum atomic E-state index is -4.58. The summed E-state index contributed by atoms with van der Waals surface area (Å²) in [5.41, 5.74) is 6.78. The van der Waals surface area contributed by atoms with Crippen LogP contribution in [0, 0.1) is 0 Å². The number of imidazole rings is 1. The van der Waals surface area contributed by atoms with E-state index in [-0.39, 0.29) is 35.5 Å². The van der Waals surface area contributed by atoms with Crippen LogP contribution in [0.2, 0.25) is 0 Å². The van der Waals surface area contributed by atoms with Crippen LogP contribution in [0.3, 0.4) is 0 Å². The number of anilines is 2. The van der Waals surface area contributed by atoms with E-state index in [0.29, 0.717) is 29.2 Å². The number of methoxy groups -OCH3 is 1. The summed E-state index contributed by atoms with van der Waals surface area (Å²) in [6, 6.07) is 5.97. The van der Waals surface area contributed by atoms with Crippen molar-refractivity contribution < 1.29 is 32.2 Å². The standard InChI is InChI=1S/C26H24F3N7O4/c1-14-12-40-19(11-35(14)13-37)24-34-21(22-23(30)32-7-8-36(22)24)17-4-3-15(9-18(17)39-2)25(38)33-20-10-16(5-6-31-20)26(27,28)29/h3-10,13-14,19H,11-12H2,1-2H3,(H2,30,32)(H,31,33,38). The van der Waals surface area contributed by atoms with Gasteiger partial charge < -0.3 is 25.4 Å². The van der Waals surface area contributed by atoms with E-state index in [1.54, 1.807) is 21.6 Å². The summed E-state index contributed by atoms with van der Waals surface area (Å²) in [5.74, 6) is 0.00112. The van der Waals surface area contributed by atoms with Crippen LogP contribution in [-0.2, 0) is 15.7 Å². The highest BCUT2D eigenvalue weighted by Crippen LogP contribution is 2.37. The molecule has 0 saturated carbocycles. The summed E-state index contributed by atoms with van der Waals surface area (Å²) >= 11 is 0. The molecule has 40 heavy (non-hydrogen) atoms. The van der Waals surface area contributed by atoms with E-state index in [0.717, 1.165) is 24.7 Å². The molecule has 1 fully saturated rings. The van der Waals surface area contributed by atoms with Crippen molar-refractivity contribution in [2.45, 2.75) is 25.2 Å². The van der Waals surface area contributed by atoms with Gasteiger partial charge in [0.25, 0.3) is 5.91 Å². The smallest absolute Gasteiger partial charge is 0.416 e. The molecule has 208 valence electrons. The number of carbonyl (C=O) groups excluding carboxylic acids is 2. The molecule has 1 aliphatic rings. The molecular formula is C26H24F3N7O4. The molecule has 0 spiro atoms. The van der Waals surface area contributed by atoms with Gasteiger partial charge in [-0.1, -0.05) is 0 Å². The molecule has 0 radical (unpaired) electrons. The number of morpholine rings is 1. The van der Waals surface area contributed by atoms with Gasteiger partial charge in [0.15, 0.2) is 0 Å². The lowest BCUT2D eigenvalue weighted by Gasteiger charge is -2.34. The third kappa shape index (κ3) is 5.00. The van der Waals surface area contributed by atoms with Crippen molar-refractivity contribution >= 4 is 29.5 Å². The molecule has 3 N–H and O–H groups in total. The first-order valence-corrected chi connectivity index (χ1v) is 12.1. The lowest BCUT2D eigenvalue weighted by atomic mass is 10.1. The van der Waals surface area contributed by atoms with Crippen molar-refractivity contribution in [1.82, 2.24) is 24.3 Å². The number of carbonyl (C=O) groups is 2. The molecule has 4 aromatic rings. The van der Waals surface area contributed by atoms with Crippen molar-refractivity contribution in [3.63, 3.8) is 0 Å². The Morgan fingerprint density at radius 2 is 2.02 bits per heavy atom. The Morgan fingerprint density at radius 1 is 1.23 bits per heavy atom. The van der Waals surface area contributed by atoms with Gasteiger partial charge in [0.1, 0.15) is 40.5 Å². The van der Waals surface area contributed by atoms with Gasteiger partial charge in [0, 0.05) is 29.7 Å². The number of rotatable bonds is 6. The Balaban J connectivity index is 1.51. The number of pyridine rings is 1. The summed E-state index contributed by atoms with van der Waals surface area (Å²) in [5, 5.41) is 2.38. The molecule has 1 aliphatic heterocycles. The lowest BCUT2D eigenvalue weighted by Crippen LogP contribution is -2.44. The minimum Gasteiger partial charge on any atom is -0.496 e. The maximum Gasteiger partial charge on any atom is 0.416 e. The minimum absolute atomic E-state index is 0.0869. The van der Waals surface area contributed by atoms with Crippen LogP contribution in [0.1, 0.15) is 34.8 Å². The van der Waals surface area contributed by atoms with Gasteiger partial charge in [-0.15, -0.1) is 0 Å². The molecule has 1 saturated heterocycles. The molecule has 2 atom stereocenters. The number of nitrogens with two attached hydrogens (primary N) is 1. The predicted molar refractivity (Wildman–Crippen MR) is 138 cm³/mol. The molecule has 1 aromatic carbocycles. The molecule has 11 nitrogen and oxygen atoms in total. The highest BCUT2D eigenvalue weighted by atomic mass is 19.4. The third-order valence-corrected chi connectivity index (χ3v) is 6.56. The van der Waals surface area contributed by atoms with Crippen LogP contribution in [0.5, 0.6) is 5.75 Å². The lowest BCUT2D eigenvalue weighted by molar-refractivity contribution is -0.137. The number of nitrogens with zero attached hydrogens (tertiary/aromatic N) is 5. The molecule has 14 heteroatoms. The Labute approximate surface area is 225 Å². The van der Waals surface area contributed by atoms with Gasteiger partial charge in [-0.25, -0.2) is 15.0 Å². The number of aromatic nitrogens is 4. The number of amides is 2. The van der Waals surface area contributed by atoms with Crippen molar-refractivity contribution in [2.24, 2.45) is 0 Å². The van der Waals surface area contributed by atoms with E-state index in [1.165, 1.54) is 25.4 Å². The fraction of sp³-hybridized carbons (Fsp3) is 0.269. The number of halogens is 3. The maximum absolute atomic E-state index is 13.0. The Morgan fingerprint density at radius 3 is 2.75 bits per heavy atom. The molecular weight excluding hydrogens is 531 g/mol. The van der Waals surface area contributed by atoms with E-state index in [4.69, 9.17) is 20.2 Å². The van der Waals surface area contributed by atoms with Crippen molar-refractivity contribution in [3.05, 3.63) is 65.9 Å². The highest BCUT2D eigenvalue weighted by molar-refractivity contribution is 6.04. The van der Waals surface area contributed by atoms with Gasteiger partial charge >= 0.3 is 6.18 Å². The summed E-state index contributed by atoms with van der Waals surface area (Å²) in [6.07, 6.45) is -0.183. The van der Waals surface area contributed by atoms with Crippen LogP contribution < -0.4 is 15.8 Å².